The molecular formula is C16H28O6. The molecule has 4 N–H and O–H groups in total. The number of allylic oxidation sites excluding steroid dienone is 1. The van der Waals surface area contributed by atoms with Crippen molar-refractivity contribution in [1.82, 2.24) is 0 Å². The molecule has 0 saturated carbocycles. The molecule has 1 saturated heterocycles. The smallest absolute Gasteiger partial charge is 0.187 e. The van der Waals surface area contributed by atoms with Crippen LogP contribution in [0.5, 0.6) is 0 Å². The molecule has 6 atom stereocenters. The van der Waals surface area contributed by atoms with E-state index >= 15 is 0 Å². The van der Waals surface area contributed by atoms with Crippen LogP contribution in [0.3, 0.4) is 0 Å². The highest BCUT2D eigenvalue weighted by molar-refractivity contribution is 5.08. The van der Waals surface area contributed by atoms with Gasteiger partial charge in [0.2, 0.25) is 0 Å². The molecule has 1 aliphatic heterocycles. The van der Waals surface area contributed by atoms with Crippen LogP contribution in [0.1, 0.15) is 27.7 Å². The Morgan fingerprint density at radius 1 is 1.23 bits per heavy atom. The molecule has 0 aliphatic carbocycles. The summed E-state index contributed by atoms with van der Waals surface area (Å²) >= 11 is 0. The van der Waals surface area contributed by atoms with Crippen molar-refractivity contribution in [1.29, 1.82) is 0 Å². The molecule has 1 heterocycles. The Kier molecular flexibility index (Phi) is 6.73. The summed E-state index contributed by atoms with van der Waals surface area (Å²) in [6, 6.07) is 0. The molecule has 0 aromatic rings. The fraction of sp³-hybridized carbons (Fsp3) is 0.750. The summed E-state index contributed by atoms with van der Waals surface area (Å²) < 4.78 is 11.2. The van der Waals surface area contributed by atoms with Crippen LogP contribution in [0.25, 0.3) is 0 Å². The fourth-order valence-corrected chi connectivity index (χ4v) is 2.17. The van der Waals surface area contributed by atoms with Crippen LogP contribution < -0.4 is 0 Å². The molecule has 1 aliphatic rings. The molecule has 0 spiro atoms. The first kappa shape index (κ1) is 19.3. The van der Waals surface area contributed by atoms with Crippen molar-refractivity contribution in [2.45, 2.75) is 64.5 Å². The first-order valence-electron chi connectivity index (χ1n) is 7.38. The largest absolute Gasteiger partial charge is 0.394 e. The minimum absolute atomic E-state index is 0.434. The van der Waals surface area contributed by atoms with Crippen molar-refractivity contribution in [3.05, 3.63) is 24.3 Å². The quantitative estimate of drug-likeness (QED) is 0.528. The first-order valence-corrected chi connectivity index (χ1v) is 7.38. The van der Waals surface area contributed by atoms with Crippen molar-refractivity contribution >= 4 is 0 Å². The van der Waals surface area contributed by atoms with Crippen molar-refractivity contribution in [3.63, 3.8) is 0 Å². The number of rotatable bonds is 6. The first-order chi connectivity index (χ1) is 10.1. The zero-order chi connectivity index (χ0) is 17.1. The average molecular weight is 316 g/mol. The van der Waals surface area contributed by atoms with Crippen molar-refractivity contribution in [2.75, 3.05) is 6.61 Å². The lowest BCUT2D eigenvalue weighted by Gasteiger charge is -2.42. The van der Waals surface area contributed by atoms with Crippen LogP contribution in [-0.4, -0.2) is 63.8 Å². The highest BCUT2D eigenvalue weighted by atomic mass is 16.7. The number of aliphatic hydroxyl groups excluding tert-OH is 4. The minimum atomic E-state index is -1.45. The molecule has 0 unspecified atom stereocenters. The van der Waals surface area contributed by atoms with Crippen LogP contribution in [0.4, 0.5) is 0 Å². The summed E-state index contributed by atoms with van der Waals surface area (Å²) in [5.41, 5.74) is 0.584. The normalized spacial score (nSPS) is 34.1. The standard InChI is InChI=1S/C16H28O6/c1-6-16(4,5)11(7-9(2)3)22-15-14(20)13(19)12(18)10(8-17)21-15/h6-7,10-15,17-20H,1,8H2,2-5H3/t10-,11+,12-,13+,14-,15+/m1/s1. The van der Waals surface area contributed by atoms with E-state index in [1.54, 1.807) is 6.08 Å². The molecule has 1 fully saturated rings. The van der Waals surface area contributed by atoms with Crippen LogP contribution >= 0.6 is 0 Å². The highest BCUT2D eigenvalue weighted by Crippen LogP contribution is 2.31. The van der Waals surface area contributed by atoms with Crippen molar-refractivity contribution < 1.29 is 29.9 Å². The van der Waals surface area contributed by atoms with Crippen LogP contribution in [0, 0.1) is 5.41 Å². The number of ether oxygens (including phenoxy) is 2. The zero-order valence-electron chi connectivity index (χ0n) is 13.6. The number of aliphatic hydroxyl groups is 4. The highest BCUT2D eigenvalue weighted by Gasteiger charge is 2.45. The molecule has 0 radical (unpaired) electrons. The van der Waals surface area contributed by atoms with Gasteiger partial charge in [-0.2, -0.15) is 0 Å². The van der Waals surface area contributed by atoms with E-state index in [0.29, 0.717) is 0 Å². The maximum Gasteiger partial charge on any atom is 0.187 e. The zero-order valence-corrected chi connectivity index (χ0v) is 13.6. The molecule has 0 amide bonds. The Balaban J connectivity index is 2.97. The van der Waals surface area contributed by atoms with Gasteiger partial charge in [-0.25, -0.2) is 0 Å². The summed E-state index contributed by atoms with van der Waals surface area (Å²) in [5.74, 6) is 0. The minimum Gasteiger partial charge on any atom is -0.394 e. The van der Waals surface area contributed by atoms with Gasteiger partial charge in [0, 0.05) is 5.41 Å². The monoisotopic (exact) mass is 316 g/mol. The van der Waals surface area contributed by atoms with E-state index in [0.717, 1.165) is 5.57 Å². The molecule has 6 heteroatoms. The van der Waals surface area contributed by atoms with Crippen molar-refractivity contribution in [3.8, 4) is 0 Å². The Morgan fingerprint density at radius 3 is 2.27 bits per heavy atom. The second-order valence-corrected chi connectivity index (χ2v) is 6.52. The summed E-state index contributed by atoms with van der Waals surface area (Å²) in [5, 5.41) is 38.9. The lowest BCUT2D eigenvalue weighted by molar-refractivity contribution is -0.312. The SMILES string of the molecule is C=CC(C)(C)[C@H](C=C(C)C)O[C@@H]1O[C@H](CO)[C@@H](O)[C@H](O)[C@H]1O. The predicted octanol–water partition coefficient (Wildman–Crippen LogP) is 0.350. The van der Waals surface area contributed by atoms with Gasteiger partial charge in [0.1, 0.15) is 24.4 Å². The van der Waals surface area contributed by atoms with Crippen LogP contribution in [0.2, 0.25) is 0 Å². The predicted molar refractivity (Wildman–Crippen MR) is 82.0 cm³/mol. The van der Waals surface area contributed by atoms with Gasteiger partial charge in [-0.05, 0) is 13.8 Å². The molecule has 0 aromatic heterocycles. The van der Waals surface area contributed by atoms with E-state index < -0.39 is 48.8 Å². The Bertz CT molecular complexity index is 399. The number of hydrogen-bond donors (Lipinski definition) is 4. The van der Waals surface area contributed by atoms with E-state index in [-0.39, 0.29) is 0 Å². The average Bonchev–Trinajstić information content (AvgIpc) is 2.46. The van der Waals surface area contributed by atoms with Gasteiger partial charge in [0.25, 0.3) is 0 Å². The Labute approximate surface area is 131 Å². The van der Waals surface area contributed by atoms with Gasteiger partial charge in [-0.3, -0.25) is 0 Å². The Hall–Kier alpha value is -0.760. The summed E-state index contributed by atoms with van der Waals surface area (Å²) in [6.45, 7) is 11.0. The number of hydrogen-bond acceptors (Lipinski definition) is 6. The third-order valence-corrected chi connectivity index (χ3v) is 3.87. The molecular weight excluding hydrogens is 288 g/mol. The van der Waals surface area contributed by atoms with E-state index in [1.165, 1.54) is 0 Å². The fourth-order valence-electron chi connectivity index (χ4n) is 2.17. The lowest BCUT2D eigenvalue weighted by atomic mass is 9.85. The summed E-state index contributed by atoms with van der Waals surface area (Å²) in [4.78, 5) is 0. The topological polar surface area (TPSA) is 99.4 Å². The molecule has 128 valence electrons. The lowest BCUT2D eigenvalue weighted by Crippen LogP contribution is -2.60. The van der Waals surface area contributed by atoms with Crippen LogP contribution in [0.15, 0.2) is 24.3 Å². The molecule has 6 nitrogen and oxygen atoms in total. The Morgan fingerprint density at radius 2 is 1.82 bits per heavy atom. The van der Waals surface area contributed by atoms with E-state index in [1.807, 2.05) is 33.8 Å². The second-order valence-electron chi connectivity index (χ2n) is 6.52. The van der Waals surface area contributed by atoms with Gasteiger partial charge >= 0.3 is 0 Å². The third-order valence-electron chi connectivity index (χ3n) is 3.87. The molecule has 1 rings (SSSR count). The van der Waals surface area contributed by atoms with Crippen molar-refractivity contribution in [2.24, 2.45) is 5.41 Å². The van der Waals surface area contributed by atoms with E-state index in [9.17, 15) is 20.4 Å². The molecule has 0 bridgehead atoms. The van der Waals surface area contributed by atoms with E-state index in [2.05, 4.69) is 6.58 Å². The molecule has 22 heavy (non-hydrogen) atoms. The maximum atomic E-state index is 10.1. The van der Waals surface area contributed by atoms with Crippen LogP contribution in [-0.2, 0) is 9.47 Å². The van der Waals surface area contributed by atoms with Gasteiger partial charge < -0.3 is 29.9 Å². The maximum absolute atomic E-state index is 10.1. The third kappa shape index (κ3) is 4.38. The molecule has 0 aromatic carbocycles. The summed E-state index contributed by atoms with van der Waals surface area (Å²) in [6.07, 6.45) is -3.23. The van der Waals surface area contributed by atoms with Gasteiger partial charge in [-0.1, -0.05) is 31.6 Å². The van der Waals surface area contributed by atoms with Gasteiger partial charge in [0.05, 0.1) is 12.7 Å². The van der Waals surface area contributed by atoms with Gasteiger partial charge in [-0.15, -0.1) is 6.58 Å². The van der Waals surface area contributed by atoms with Gasteiger partial charge in [0.15, 0.2) is 6.29 Å². The van der Waals surface area contributed by atoms with E-state index in [4.69, 9.17) is 9.47 Å². The second kappa shape index (κ2) is 7.68. The summed E-state index contributed by atoms with van der Waals surface area (Å²) in [7, 11) is 0.